The Kier molecular flexibility index (Phi) is 5.35. The van der Waals surface area contributed by atoms with Crippen molar-refractivity contribution in [2.24, 2.45) is 0 Å². The van der Waals surface area contributed by atoms with Gasteiger partial charge >= 0.3 is 0 Å². The van der Waals surface area contributed by atoms with Crippen molar-refractivity contribution >= 4 is 28.7 Å². The van der Waals surface area contributed by atoms with Crippen LogP contribution in [0.1, 0.15) is 29.0 Å². The highest BCUT2D eigenvalue weighted by Gasteiger charge is 2.42. The summed E-state index contributed by atoms with van der Waals surface area (Å²) in [5, 5.41) is 15.4. The number of benzene rings is 2. The Morgan fingerprint density at radius 2 is 1.82 bits per heavy atom. The van der Waals surface area contributed by atoms with E-state index >= 15 is 0 Å². The summed E-state index contributed by atoms with van der Waals surface area (Å²) in [5.74, 6) is 0. The number of anilines is 1. The number of nitro groups is 1. The van der Waals surface area contributed by atoms with Gasteiger partial charge in [0.1, 0.15) is 6.04 Å². The molecule has 2 aromatic heterocycles. The molecule has 0 bridgehead atoms. The maximum Gasteiger partial charge on any atom is 0.271 e. The summed E-state index contributed by atoms with van der Waals surface area (Å²) < 4.78 is 1.98. The smallest absolute Gasteiger partial charge is 0.271 e. The lowest BCUT2D eigenvalue weighted by Gasteiger charge is -2.29. The highest BCUT2D eigenvalue weighted by Crippen LogP contribution is 2.42. The molecule has 0 radical (unpaired) electrons. The molecule has 0 saturated carbocycles. The van der Waals surface area contributed by atoms with E-state index in [1.54, 1.807) is 18.3 Å². The zero-order valence-electron chi connectivity index (χ0n) is 17.8. The lowest BCUT2D eigenvalue weighted by atomic mass is 10.0. The van der Waals surface area contributed by atoms with E-state index < -0.39 is 0 Å². The molecule has 7 nitrogen and oxygen atoms in total. The van der Waals surface area contributed by atoms with E-state index in [2.05, 4.69) is 21.3 Å². The number of nitrogens with zero attached hydrogens (tertiary/aromatic N) is 4. The van der Waals surface area contributed by atoms with E-state index in [1.165, 1.54) is 6.07 Å². The van der Waals surface area contributed by atoms with Crippen LogP contribution in [0.25, 0.3) is 5.69 Å². The number of non-ortho nitro benzene ring substituents is 1. The second-order valence-corrected chi connectivity index (χ2v) is 8.30. The molecule has 1 saturated heterocycles. The minimum absolute atomic E-state index is 0.0454. The average molecular weight is 456 g/mol. The third-order valence-corrected chi connectivity index (χ3v) is 6.09. The predicted molar refractivity (Wildman–Crippen MR) is 132 cm³/mol. The van der Waals surface area contributed by atoms with Crippen LogP contribution in [0, 0.1) is 17.0 Å². The van der Waals surface area contributed by atoms with E-state index in [4.69, 9.17) is 12.2 Å². The summed E-state index contributed by atoms with van der Waals surface area (Å²) in [6, 6.07) is 24.2. The number of nitro benzene ring substituents is 1. The minimum Gasteiger partial charge on any atom is -0.351 e. The topological polar surface area (TPSA) is 76.2 Å². The van der Waals surface area contributed by atoms with Gasteiger partial charge in [-0.15, -0.1) is 0 Å². The van der Waals surface area contributed by atoms with Crippen molar-refractivity contribution in [3.8, 4) is 5.69 Å². The largest absolute Gasteiger partial charge is 0.351 e. The van der Waals surface area contributed by atoms with Gasteiger partial charge in [0.05, 0.1) is 22.3 Å². The highest BCUT2D eigenvalue weighted by molar-refractivity contribution is 7.80. The molecule has 1 aliphatic heterocycles. The second-order valence-electron chi connectivity index (χ2n) is 7.92. The predicted octanol–water partition coefficient (Wildman–Crippen LogP) is 5.27. The number of aryl methyl sites for hydroxylation is 1. The van der Waals surface area contributed by atoms with Crippen molar-refractivity contribution in [2.45, 2.75) is 19.0 Å². The average Bonchev–Trinajstić information content (AvgIpc) is 3.44. The third-order valence-electron chi connectivity index (χ3n) is 5.78. The molecule has 0 aliphatic carbocycles. The zero-order chi connectivity index (χ0) is 22.9. The molecule has 1 fully saturated rings. The Morgan fingerprint density at radius 3 is 2.58 bits per heavy atom. The Balaban J connectivity index is 1.67. The summed E-state index contributed by atoms with van der Waals surface area (Å²) in [6.45, 7) is 2.05. The van der Waals surface area contributed by atoms with Gasteiger partial charge in [0, 0.05) is 35.9 Å². The third kappa shape index (κ3) is 3.85. The van der Waals surface area contributed by atoms with Crippen molar-refractivity contribution in [1.29, 1.82) is 0 Å². The molecule has 0 unspecified atom stereocenters. The molecule has 5 rings (SSSR count). The molecule has 0 spiro atoms. The number of pyridine rings is 1. The molecule has 164 valence electrons. The van der Waals surface area contributed by atoms with Gasteiger partial charge in [-0.3, -0.25) is 15.1 Å². The van der Waals surface area contributed by atoms with Gasteiger partial charge in [-0.05, 0) is 67.2 Å². The second kappa shape index (κ2) is 8.48. The lowest BCUT2D eigenvalue weighted by molar-refractivity contribution is -0.384. The monoisotopic (exact) mass is 455 g/mol. The number of thiocarbonyl (C=S) groups is 1. The van der Waals surface area contributed by atoms with Crippen LogP contribution in [-0.4, -0.2) is 19.6 Å². The molecular formula is C25H21N5O2S. The van der Waals surface area contributed by atoms with Crippen LogP contribution in [0.4, 0.5) is 11.4 Å². The van der Waals surface area contributed by atoms with Crippen LogP contribution in [0.3, 0.4) is 0 Å². The number of aromatic nitrogens is 2. The van der Waals surface area contributed by atoms with E-state index in [0.717, 1.165) is 22.6 Å². The zero-order valence-corrected chi connectivity index (χ0v) is 18.6. The quantitative estimate of drug-likeness (QED) is 0.251. The van der Waals surface area contributed by atoms with E-state index in [1.807, 2.05) is 72.3 Å². The number of rotatable bonds is 5. The van der Waals surface area contributed by atoms with Gasteiger partial charge in [-0.2, -0.15) is 0 Å². The lowest BCUT2D eigenvalue weighted by Crippen LogP contribution is -2.30. The Morgan fingerprint density at radius 1 is 1.00 bits per heavy atom. The fourth-order valence-electron chi connectivity index (χ4n) is 4.34. The van der Waals surface area contributed by atoms with Gasteiger partial charge in [-0.1, -0.05) is 24.3 Å². The molecular weight excluding hydrogens is 434 g/mol. The summed E-state index contributed by atoms with van der Waals surface area (Å²) in [6.07, 6.45) is 3.69. The highest BCUT2D eigenvalue weighted by atomic mass is 32.1. The first kappa shape index (κ1) is 20.8. The summed E-state index contributed by atoms with van der Waals surface area (Å²) in [5.41, 5.74) is 4.67. The van der Waals surface area contributed by atoms with Crippen molar-refractivity contribution in [3.05, 3.63) is 118 Å². The van der Waals surface area contributed by atoms with E-state index in [-0.39, 0.29) is 22.7 Å². The molecule has 8 heteroatoms. The molecule has 2 atom stereocenters. The fraction of sp³-hybridized carbons (Fsp3) is 0.120. The summed E-state index contributed by atoms with van der Waals surface area (Å²) >= 11 is 5.80. The molecule has 3 heterocycles. The molecule has 2 aromatic carbocycles. The van der Waals surface area contributed by atoms with Crippen molar-refractivity contribution in [1.82, 2.24) is 14.9 Å². The van der Waals surface area contributed by atoms with Gasteiger partial charge in [0.2, 0.25) is 0 Å². The molecule has 0 amide bonds. The normalized spacial score (nSPS) is 17.7. The van der Waals surface area contributed by atoms with Crippen molar-refractivity contribution < 1.29 is 4.92 Å². The first-order chi connectivity index (χ1) is 16.0. The standard InChI is InChI=1S/C25H21N5O2S/c1-17-7-4-9-19(15-17)29-24(23(27-25(29)33)21-11-2-3-13-26-21)22-12-6-14-28(22)18-8-5-10-20(16-18)30(31)32/h2-16,23-24H,1H3,(H,27,33)/t23-,24-/m0/s1. The molecule has 33 heavy (non-hydrogen) atoms. The number of hydrogen-bond donors (Lipinski definition) is 1. The van der Waals surface area contributed by atoms with E-state index in [0.29, 0.717) is 10.8 Å². The van der Waals surface area contributed by atoms with Crippen LogP contribution in [0.5, 0.6) is 0 Å². The van der Waals surface area contributed by atoms with Gasteiger partial charge in [0.15, 0.2) is 5.11 Å². The van der Waals surface area contributed by atoms with Gasteiger partial charge in [-0.25, -0.2) is 0 Å². The van der Waals surface area contributed by atoms with Crippen LogP contribution in [0.2, 0.25) is 0 Å². The molecule has 4 aromatic rings. The van der Waals surface area contributed by atoms with Crippen molar-refractivity contribution in [2.75, 3.05) is 4.90 Å². The SMILES string of the molecule is Cc1cccc(N2C(=S)N[C@@H](c3ccccn3)[C@@H]2c2cccn2-c2cccc([N+](=O)[O-])c2)c1. The molecule has 1 N–H and O–H groups in total. The van der Waals surface area contributed by atoms with Crippen molar-refractivity contribution in [3.63, 3.8) is 0 Å². The summed E-state index contributed by atoms with van der Waals surface area (Å²) in [4.78, 5) is 17.7. The fourth-order valence-corrected chi connectivity index (χ4v) is 4.68. The first-order valence-electron chi connectivity index (χ1n) is 10.5. The van der Waals surface area contributed by atoms with Gasteiger partial charge < -0.3 is 14.8 Å². The van der Waals surface area contributed by atoms with Crippen LogP contribution < -0.4 is 10.2 Å². The minimum atomic E-state index is -0.380. The summed E-state index contributed by atoms with van der Waals surface area (Å²) in [7, 11) is 0. The Hall–Kier alpha value is -4.04. The Bertz CT molecular complexity index is 1340. The van der Waals surface area contributed by atoms with Crippen LogP contribution in [-0.2, 0) is 0 Å². The Labute approximate surface area is 196 Å². The van der Waals surface area contributed by atoms with Crippen LogP contribution in [0.15, 0.2) is 91.3 Å². The maximum absolute atomic E-state index is 11.4. The molecule has 1 aliphatic rings. The van der Waals surface area contributed by atoms with E-state index in [9.17, 15) is 10.1 Å². The van der Waals surface area contributed by atoms with Crippen LogP contribution >= 0.6 is 12.2 Å². The number of hydrogen-bond acceptors (Lipinski definition) is 4. The first-order valence-corrected chi connectivity index (χ1v) is 10.9. The number of nitrogens with one attached hydrogen (secondary N) is 1. The van der Waals surface area contributed by atoms with Gasteiger partial charge in [0.25, 0.3) is 5.69 Å². The maximum atomic E-state index is 11.4.